The van der Waals surface area contributed by atoms with E-state index in [-0.39, 0.29) is 18.4 Å². The maximum absolute atomic E-state index is 12.2. The second kappa shape index (κ2) is 5.93. The molecule has 20 heavy (non-hydrogen) atoms. The first kappa shape index (κ1) is 15.0. The van der Waals surface area contributed by atoms with Crippen molar-refractivity contribution in [3.05, 3.63) is 28.7 Å². The van der Waals surface area contributed by atoms with E-state index in [0.29, 0.717) is 18.8 Å². The van der Waals surface area contributed by atoms with E-state index in [2.05, 4.69) is 26.6 Å². The summed E-state index contributed by atoms with van der Waals surface area (Å²) in [5.41, 5.74) is 0.111. The number of rotatable bonds is 3. The van der Waals surface area contributed by atoms with Gasteiger partial charge in [-0.1, -0.05) is 22.0 Å². The minimum atomic E-state index is -0.603. The van der Waals surface area contributed by atoms with Gasteiger partial charge in [-0.3, -0.25) is 9.59 Å². The minimum Gasteiger partial charge on any atom is -0.331 e. The third-order valence-electron chi connectivity index (χ3n) is 3.21. The highest BCUT2D eigenvalue weighted by Crippen LogP contribution is 2.16. The van der Waals surface area contributed by atoms with Gasteiger partial charge in [0.1, 0.15) is 0 Å². The van der Waals surface area contributed by atoms with E-state index in [1.54, 1.807) is 4.90 Å². The number of nitrogens with one attached hydrogen (secondary N) is 2. The van der Waals surface area contributed by atoms with Crippen LogP contribution in [0.5, 0.6) is 0 Å². The molecule has 2 rings (SSSR count). The van der Waals surface area contributed by atoms with Gasteiger partial charge in [0, 0.05) is 23.2 Å². The van der Waals surface area contributed by atoms with Gasteiger partial charge >= 0.3 is 0 Å². The summed E-state index contributed by atoms with van der Waals surface area (Å²) in [5.74, 6) is -0.234. The predicted octanol–water partition coefficient (Wildman–Crippen LogP) is 1.60. The zero-order chi connectivity index (χ0) is 14.8. The zero-order valence-electron chi connectivity index (χ0n) is 11.6. The molecule has 1 aromatic rings. The van der Waals surface area contributed by atoms with Crippen LogP contribution >= 0.6 is 15.9 Å². The maximum Gasteiger partial charge on any atom is 0.243 e. The van der Waals surface area contributed by atoms with Crippen molar-refractivity contribution in [3.8, 4) is 0 Å². The minimum absolute atomic E-state index is 0.0480. The lowest BCUT2D eigenvalue weighted by molar-refractivity contribution is -0.142. The molecule has 2 amide bonds. The highest BCUT2D eigenvalue weighted by Gasteiger charge is 2.35. The average Bonchev–Trinajstić information content (AvgIpc) is 2.35. The molecular weight excluding hydrogens is 322 g/mol. The summed E-state index contributed by atoms with van der Waals surface area (Å²) in [6, 6.07) is 7.37. The Hall–Kier alpha value is -1.40. The number of anilines is 1. The first-order valence-corrected chi connectivity index (χ1v) is 7.27. The lowest BCUT2D eigenvalue weighted by Crippen LogP contribution is -2.62. The fourth-order valence-corrected chi connectivity index (χ4v) is 2.57. The highest BCUT2D eigenvalue weighted by atomic mass is 79.9. The van der Waals surface area contributed by atoms with Gasteiger partial charge in [0.15, 0.2) is 0 Å². The molecule has 0 saturated carbocycles. The van der Waals surface area contributed by atoms with Crippen LogP contribution < -0.4 is 10.6 Å². The number of carbonyl (C=O) groups is 2. The van der Waals surface area contributed by atoms with Crippen molar-refractivity contribution >= 4 is 33.4 Å². The second-order valence-electron chi connectivity index (χ2n) is 5.34. The molecular formula is C14H18BrN3O2. The maximum atomic E-state index is 12.2. The molecule has 0 spiro atoms. The van der Waals surface area contributed by atoms with Crippen LogP contribution in [0.15, 0.2) is 28.7 Å². The number of carbonyl (C=O) groups excluding carboxylic acids is 2. The van der Waals surface area contributed by atoms with E-state index in [4.69, 9.17) is 0 Å². The largest absolute Gasteiger partial charge is 0.331 e. The summed E-state index contributed by atoms with van der Waals surface area (Å²) in [6.45, 7) is 4.98. The quantitative estimate of drug-likeness (QED) is 0.879. The van der Waals surface area contributed by atoms with Gasteiger partial charge in [-0.2, -0.15) is 0 Å². The summed E-state index contributed by atoms with van der Waals surface area (Å²) >= 11 is 3.35. The molecule has 1 aliphatic rings. The Morgan fingerprint density at radius 2 is 2.25 bits per heavy atom. The number of amides is 2. The van der Waals surface area contributed by atoms with Gasteiger partial charge in [0.25, 0.3) is 0 Å². The first-order valence-electron chi connectivity index (χ1n) is 6.48. The Bertz CT molecular complexity index is 531. The van der Waals surface area contributed by atoms with Gasteiger partial charge in [-0.25, -0.2) is 0 Å². The Morgan fingerprint density at radius 3 is 2.95 bits per heavy atom. The van der Waals surface area contributed by atoms with E-state index >= 15 is 0 Å². The molecule has 1 fully saturated rings. The number of hydrogen-bond acceptors (Lipinski definition) is 3. The van der Waals surface area contributed by atoms with Crippen molar-refractivity contribution in [1.29, 1.82) is 0 Å². The molecule has 0 bridgehead atoms. The first-order chi connectivity index (χ1) is 9.38. The van der Waals surface area contributed by atoms with Gasteiger partial charge in [-0.05, 0) is 32.0 Å². The molecule has 6 heteroatoms. The molecule has 1 saturated heterocycles. The van der Waals surface area contributed by atoms with E-state index in [0.717, 1.165) is 4.47 Å². The van der Waals surface area contributed by atoms with E-state index < -0.39 is 5.54 Å². The summed E-state index contributed by atoms with van der Waals surface area (Å²) in [4.78, 5) is 25.8. The molecule has 0 unspecified atom stereocenters. The van der Waals surface area contributed by atoms with Crippen LogP contribution in [-0.4, -0.2) is 41.9 Å². The van der Waals surface area contributed by atoms with Gasteiger partial charge in [-0.15, -0.1) is 0 Å². The molecule has 108 valence electrons. The number of benzene rings is 1. The van der Waals surface area contributed by atoms with Crippen LogP contribution in [0.25, 0.3) is 0 Å². The Kier molecular flexibility index (Phi) is 4.45. The molecule has 1 aliphatic heterocycles. The molecule has 0 atom stereocenters. The van der Waals surface area contributed by atoms with Crippen LogP contribution in [0, 0.1) is 0 Å². The molecule has 5 nitrogen and oxygen atoms in total. The lowest BCUT2D eigenvalue weighted by Gasteiger charge is -2.37. The molecule has 0 aromatic heterocycles. The van der Waals surface area contributed by atoms with Gasteiger partial charge in [0.2, 0.25) is 11.8 Å². The van der Waals surface area contributed by atoms with Crippen LogP contribution in [-0.2, 0) is 9.59 Å². The predicted molar refractivity (Wildman–Crippen MR) is 81.4 cm³/mol. The molecule has 0 radical (unpaired) electrons. The third kappa shape index (κ3) is 3.58. The number of piperazine rings is 1. The normalized spacial score (nSPS) is 17.9. The molecule has 1 aromatic carbocycles. The zero-order valence-corrected chi connectivity index (χ0v) is 13.2. The van der Waals surface area contributed by atoms with E-state index in [1.807, 2.05) is 38.1 Å². The Balaban J connectivity index is 1.96. The third-order valence-corrected chi connectivity index (χ3v) is 3.71. The monoisotopic (exact) mass is 339 g/mol. The fourth-order valence-electron chi connectivity index (χ4n) is 2.17. The highest BCUT2D eigenvalue weighted by molar-refractivity contribution is 9.10. The van der Waals surface area contributed by atoms with E-state index in [1.165, 1.54) is 0 Å². The van der Waals surface area contributed by atoms with Crippen molar-refractivity contribution in [2.24, 2.45) is 0 Å². The van der Waals surface area contributed by atoms with Crippen molar-refractivity contribution in [2.75, 3.05) is 25.0 Å². The number of hydrogen-bond donors (Lipinski definition) is 2. The number of halogens is 1. The van der Waals surface area contributed by atoms with Gasteiger partial charge in [0.05, 0.1) is 12.1 Å². The molecule has 1 heterocycles. The lowest BCUT2D eigenvalue weighted by atomic mass is 10.0. The summed E-state index contributed by atoms with van der Waals surface area (Å²) in [5, 5.41) is 5.93. The van der Waals surface area contributed by atoms with Crippen LogP contribution in [0.2, 0.25) is 0 Å². The van der Waals surface area contributed by atoms with Crippen molar-refractivity contribution in [2.45, 2.75) is 19.4 Å². The average molecular weight is 340 g/mol. The standard InChI is InChI=1S/C14H18BrN3O2/c1-14(2)13(20)18(7-6-16-14)9-12(19)17-11-5-3-4-10(15)8-11/h3-5,8,16H,6-7,9H2,1-2H3,(H,17,19). The summed E-state index contributed by atoms with van der Waals surface area (Å²) < 4.78 is 0.898. The Morgan fingerprint density at radius 1 is 1.50 bits per heavy atom. The van der Waals surface area contributed by atoms with Gasteiger partial charge < -0.3 is 15.5 Å². The SMILES string of the molecule is CC1(C)NCCN(CC(=O)Nc2cccc(Br)c2)C1=O. The Labute approximate surface area is 126 Å². The second-order valence-corrected chi connectivity index (χ2v) is 6.25. The fraction of sp³-hybridized carbons (Fsp3) is 0.429. The number of nitrogens with zero attached hydrogens (tertiary/aromatic N) is 1. The van der Waals surface area contributed by atoms with Crippen LogP contribution in [0.1, 0.15) is 13.8 Å². The molecule has 0 aliphatic carbocycles. The topological polar surface area (TPSA) is 61.4 Å². The smallest absolute Gasteiger partial charge is 0.243 e. The van der Waals surface area contributed by atoms with Crippen molar-refractivity contribution in [1.82, 2.24) is 10.2 Å². The molecule has 2 N–H and O–H groups in total. The van der Waals surface area contributed by atoms with Crippen molar-refractivity contribution < 1.29 is 9.59 Å². The summed E-state index contributed by atoms with van der Waals surface area (Å²) in [6.07, 6.45) is 0. The van der Waals surface area contributed by atoms with Crippen molar-refractivity contribution in [3.63, 3.8) is 0 Å². The van der Waals surface area contributed by atoms with Crippen LogP contribution in [0.4, 0.5) is 5.69 Å². The van der Waals surface area contributed by atoms with Crippen LogP contribution in [0.3, 0.4) is 0 Å². The van der Waals surface area contributed by atoms with E-state index in [9.17, 15) is 9.59 Å². The summed E-state index contributed by atoms with van der Waals surface area (Å²) in [7, 11) is 0.